The van der Waals surface area contributed by atoms with Gasteiger partial charge in [-0.05, 0) is 26.2 Å². The standard InChI is InChI=1S/C18H27NO5/c1-3-9-24-18(7-5-4-6-8-18)12-19-17(22)16-13(2)11-23-14(16)10-15(20)21/h11H,3-10,12H2,1-2H3,(H,19,22)(H,20,21). The summed E-state index contributed by atoms with van der Waals surface area (Å²) in [6, 6.07) is 0. The molecule has 0 saturated heterocycles. The number of carbonyl (C=O) groups excluding carboxylic acids is 1. The van der Waals surface area contributed by atoms with Crippen LogP contribution in [0.5, 0.6) is 0 Å². The summed E-state index contributed by atoms with van der Waals surface area (Å²) in [6.45, 7) is 4.95. The van der Waals surface area contributed by atoms with Gasteiger partial charge in [0.05, 0.1) is 17.4 Å². The monoisotopic (exact) mass is 337 g/mol. The lowest BCUT2D eigenvalue weighted by molar-refractivity contribution is -0.136. The normalized spacial score (nSPS) is 16.8. The van der Waals surface area contributed by atoms with Gasteiger partial charge < -0.3 is 19.6 Å². The molecule has 2 N–H and O–H groups in total. The van der Waals surface area contributed by atoms with E-state index in [0.717, 1.165) is 32.1 Å². The SMILES string of the molecule is CCCOC1(CNC(=O)c2c(C)coc2CC(=O)O)CCCCC1. The smallest absolute Gasteiger partial charge is 0.311 e. The van der Waals surface area contributed by atoms with Crippen molar-refractivity contribution in [3.05, 3.63) is 23.2 Å². The second-order valence-corrected chi connectivity index (χ2v) is 6.56. The Morgan fingerprint density at radius 2 is 2.04 bits per heavy atom. The molecule has 1 aromatic rings. The summed E-state index contributed by atoms with van der Waals surface area (Å²) < 4.78 is 11.3. The summed E-state index contributed by atoms with van der Waals surface area (Å²) in [6.07, 6.45) is 7.38. The van der Waals surface area contributed by atoms with Gasteiger partial charge in [0.25, 0.3) is 5.91 Å². The van der Waals surface area contributed by atoms with E-state index in [1.165, 1.54) is 12.7 Å². The first kappa shape index (κ1) is 18.5. The first-order chi connectivity index (χ1) is 11.5. The minimum absolute atomic E-state index is 0.199. The van der Waals surface area contributed by atoms with E-state index < -0.39 is 5.97 Å². The Morgan fingerprint density at radius 3 is 2.67 bits per heavy atom. The second kappa shape index (κ2) is 8.33. The maximum absolute atomic E-state index is 12.6. The molecule has 2 rings (SSSR count). The maximum Gasteiger partial charge on any atom is 0.311 e. The third-order valence-electron chi connectivity index (χ3n) is 4.54. The van der Waals surface area contributed by atoms with E-state index in [2.05, 4.69) is 12.2 Å². The molecule has 1 aliphatic rings. The molecule has 6 heteroatoms. The molecule has 0 atom stereocenters. The van der Waals surface area contributed by atoms with Gasteiger partial charge in [-0.1, -0.05) is 26.2 Å². The zero-order valence-corrected chi connectivity index (χ0v) is 14.5. The van der Waals surface area contributed by atoms with Crippen LogP contribution in [0.25, 0.3) is 0 Å². The van der Waals surface area contributed by atoms with Crippen LogP contribution in [0.1, 0.15) is 67.1 Å². The Labute approximate surface area is 142 Å². The predicted octanol–water partition coefficient (Wildman–Crippen LogP) is 3.07. The van der Waals surface area contributed by atoms with Crippen LogP contribution >= 0.6 is 0 Å². The zero-order chi connectivity index (χ0) is 17.6. The number of amides is 1. The number of rotatable bonds is 8. The number of carboxylic acid groups (broad SMARTS) is 1. The number of nitrogens with one attached hydrogen (secondary N) is 1. The number of furan rings is 1. The molecule has 0 bridgehead atoms. The molecule has 1 fully saturated rings. The highest BCUT2D eigenvalue weighted by Gasteiger charge is 2.34. The fourth-order valence-electron chi connectivity index (χ4n) is 3.29. The number of carboxylic acids is 1. The molecule has 1 saturated carbocycles. The van der Waals surface area contributed by atoms with Crippen molar-refractivity contribution in [1.29, 1.82) is 0 Å². The highest BCUT2D eigenvalue weighted by Crippen LogP contribution is 2.31. The van der Waals surface area contributed by atoms with Crippen LogP contribution in [0.3, 0.4) is 0 Å². The van der Waals surface area contributed by atoms with Crippen LogP contribution in [0, 0.1) is 6.92 Å². The molecule has 1 aromatic heterocycles. The molecule has 1 heterocycles. The third-order valence-corrected chi connectivity index (χ3v) is 4.54. The number of carbonyl (C=O) groups is 2. The van der Waals surface area contributed by atoms with E-state index in [9.17, 15) is 9.59 Å². The van der Waals surface area contributed by atoms with Crippen LogP contribution in [0.2, 0.25) is 0 Å². The molecular formula is C18H27NO5. The minimum atomic E-state index is -1.02. The van der Waals surface area contributed by atoms with Crippen molar-refractivity contribution < 1.29 is 23.8 Å². The summed E-state index contributed by atoms with van der Waals surface area (Å²) in [5.74, 6) is -1.11. The van der Waals surface area contributed by atoms with E-state index >= 15 is 0 Å². The minimum Gasteiger partial charge on any atom is -0.481 e. The second-order valence-electron chi connectivity index (χ2n) is 6.56. The van der Waals surface area contributed by atoms with E-state index in [4.69, 9.17) is 14.3 Å². The summed E-state index contributed by atoms with van der Waals surface area (Å²) in [5, 5.41) is 11.9. The van der Waals surface area contributed by atoms with E-state index in [0.29, 0.717) is 24.3 Å². The summed E-state index contributed by atoms with van der Waals surface area (Å²) in [5.41, 5.74) is 0.684. The van der Waals surface area contributed by atoms with Crippen molar-refractivity contribution in [2.75, 3.05) is 13.2 Å². The van der Waals surface area contributed by atoms with Gasteiger partial charge >= 0.3 is 5.97 Å². The molecule has 0 aromatic carbocycles. The zero-order valence-electron chi connectivity index (χ0n) is 14.5. The molecule has 0 unspecified atom stereocenters. The highest BCUT2D eigenvalue weighted by atomic mass is 16.5. The van der Waals surface area contributed by atoms with Crippen LogP contribution in [-0.2, 0) is 16.0 Å². The number of hydrogen-bond acceptors (Lipinski definition) is 4. The molecule has 6 nitrogen and oxygen atoms in total. The topological polar surface area (TPSA) is 88.8 Å². The van der Waals surface area contributed by atoms with Gasteiger partial charge in [-0.2, -0.15) is 0 Å². The Morgan fingerprint density at radius 1 is 1.33 bits per heavy atom. The molecule has 0 aliphatic heterocycles. The fraction of sp³-hybridized carbons (Fsp3) is 0.667. The van der Waals surface area contributed by atoms with Gasteiger partial charge in [-0.15, -0.1) is 0 Å². The van der Waals surface area contributed by atoms with E-state index in [1.807, 2.05) is 0 Å². The quantitative estimate of drug-likeness (QED) is 0.761. The van der Waals surface area contributed by atoms with E-state index in [-0.39, 0.29) is 23.7 Å². The lowest BCUT2D eigenvalue weighted by Gasteiger charge is -2.37. The average molecular weight is 337 g/mol. The molecule has 1 amide bonds. The van der Waals surface area contributed by atoms with Crippen LogP contribution in [0.15, 0.2) is 10.7 Å². The van der Waals surface area contributed by atoms with Crippen molar-refractivity contribution >= 4 is 11.9 Å². The third kappa shape index (κ3) is 4.60. The summed E-state index contributed by atoms with van der Waals surface area (Å²) in [7, 11) is 0. The first-order valence-electron chi connectivity index (χ1n) is 8.68. The van der Waals surface area contributed by atoms with Gasteiger partial charge in [0.1, 0.15) is 12.2 Å². The predicted molar refractivity (Wildman–Crippen MR) is 89.2 cm³/mol. The van der Waals surface area contributed by atoms with Gasteiger partial charge in [-0.25, -0.2) is 0 Å². The largest absolute Gasteiger partial charge is 0.481 e. The number of ether oxygens (including phenoxy) is 1. The Kier molecular flexibility index (Phi) is 6.43. The molecule has 1 aliphatic carbocycles. The van der Waals surface area contributed by atoms with Crippen molar-refractivity contribution in [3.63, 3.8) is 0 Å². The van der Waals surface area contributed by atoms with Crippen LogP contribution < -0.4 is 5.32 Å². The lowest BCUT2D eigenvalue weighted by Crippen LogP contribution is -2.46. The number of aryl methyl sites for hydroxylation is 1. The Hall–Kier alpha value is -1.82. The fourth-order valence-corrected chi connectivity index (χ4v) is 3.29. The van der Waals surface area contributed by atoms with Crippen molar-refractivity contribution in [2.45, 2.75) is 64.4 Å². The van der Waals surface area contributed by atoms with Gasteiger partial charge in [0.2, 0.25) is 0 Å². The lowest BCUT2D eigenvalue weighted by atomic mass is 9.84. The molecule has 0 radical (unpaired) electrons. The Bertz CT molecular complexity index is 572. The number of aliphatic carboxylic acids is 1. The average Bonchev–Trinajstić information content (AvgIpc) is 2.91. The van der Waals surface area contributed by atoms with Gasteiger partial charge in [0.15, 0.2) is 0 Å². The summed E-state index contributed by atoms with van der Waals surface area (Å²) in [4.78, 5) is 23.5. The first-order valence-corrected chi connectivity index (χ1v) is 8.68. The van der Waals surface area contributed by atoms with Crippen LogP contribution in [-0.4, -0.2) is 35.7 Å². The van der Waals surface area contributed by atoms with Crippen LogP contribution in [0.4, 0.5) is 0 Å². The molecule has 0 spiro atoms. The molecular weight excluding hydrogens is 310 g/mol. The number of hydrogen-bond donors (Lipinski definition) is 2. The van der Waals surface area contributed by atoms with Crippen molar-refractivity contribution in [3.8, 4) is 0 Å². The summed E-state index contributed by atoms with van der Waals surface area (Å²) >= 11 is 0. The van der Waals surface area contributed by atoms with Crippen molar-refractivity contribution in [2.24, 2.45) is 0 Å². The van der Waals surface area contributed by atoms with Gasteiger partial charge in [-0.3, -0.25) is 9.59 Å². The Balaban J connectivity index is 2.05. The van der Waals surface area contributed by atoms with E-state index in [1.54, 1.807) is 6.92 Å². The highest BCUT2D eigenvalue weighted by molar-refractivity contribution is 5.97. The molecule has 134 valence electrons. The van der Waals surface area contributed by atoms with Crippen molar-refractivity contribution in [1.82, 2.24) is 5.32 Å². The van der Waals surface area contributed by atoms with Gasteiger partial charge in [0, 0.05) is 18.7 Å². The molecule has 24 heavy (non-hydrogen) atoms. The maximum atomic E-state index is 12.6.